The fraction of sp³-hybridized carbons (Fsp3) is 0.630. The normalized spacial score (nSPS) is 14.5. The number of carboxylic acids is 3. The van der Waals surface area contributed by atoms with E-state index in [1.807, 2.05) is 0 Å². The van der Waals surface area contributed by atoms with Crippen LogP contribution in [0.5, 0.6) is 0 Å². The van der Waals surface area contributed by atoms with Crippen LogP contribution in [0.25, 0.3) is 0 Å². The van der Waals surface area contributed by atoms with E-state index in [0.717, 1.165) is 0 Å². The lowest BCUT2D eigenvalue weighted by Crippen LogP contribution is -2.62. The molecule has 0 aliphatic heterocycles. The molecule has 0 bridgehead atoms. The summed E-state index contributed by atoms with van der Waals surface area (Å²) in [6.45, 7) is 11.4. The molecule has 1 aromatic heterocycles. The number of benzene rings is 1. The van der Waals surface area contributed by atoms with Crippen molar-refractivity contribution in [3.05, 3.63) is 54.1 Å². The zero-order valence-electron chi connectivity index (χ0n) is 85.7. The van der Waals surface area contributed by atoms with Gasteiger partial charge < -0.3 is 173 Å². The van der Waals surface area contributed by atoms with Crippen LogP contribution in [-0.2, 0) is 123 Å². The number of hydrogen-bond acceptors (Lipinski definition) is 30. The van der Waals surface area contributed by atoms with Crippen molar-refractivity contribution in [2.45, 2.75) is 312 Å². The molecule has 0 aliphatic rings. The molecule has 838 valence electrons. The Morgan fingerprint density at radius 3 is 1.09 bits per heavy atom. The second-order valence-corrected chi connectivity index (χ2v) is 37.0. The van der Waals surface area contributed by atoms with E-state index in [4.69, 9.17) is 62.4 Å². The number of nitrogens with zero attached hydrogens (tertiary/aromatic N) is 1. The largest absolute Gasteiger partial charge is 0.481 e. The second kappa shape index (κ2) is 69.7. The predicted molar refractivity (Wildman–Crippen MR) is 539 cm³/mol. The van der Waals surface area contributed by atoms with Gasteiger partial charge in [-0.3, -0.25) is 116 Å². The van der Waals surface area contributed by atoms with Gasteiger partial charge in [0.15, 0.2) is 11.9 Å². The molecule has 2 rings (SSSR count). The molecule has 58 nitrogen and oxygen atoms in total. The lowest BCUT2D eigenvalue weighted by atomic mass is 10.00. The van der Waals surface area contributed by atoms with Crippen LogP contribution in [0.1, 0.15) is 208 Å². The van der Waals surface area contributed by atoms with E-state index in [-0.39, 0.29) is 121 Å². The van der Waals surface area contributed by atoms with Gasteiger partial charge in [0.2, 0.25) is 118 Å². The maximum Gasteiger partial charge on any atom is 0.326 e. The number of amides is 20. The van der Waals surface area contributed by atoms with Crippen molar-refractivity contribution in [3.63, 3.8) is 0 Å². The van der Waals surface area contributed by atoms with E-state index in [1.54, 1.807) is 44.2 Å². The summed E-state index contributed by atoms with van der Waals surface area (Å²) in [5, 5.41) is 91.1. The van der Waals surface area contributed by atoms with Crippen LogP contribution in [0.4, 0.5) is 0 Å². The zero-order chi connectivity index (χ0) is 113. The van der Waals surface area contributed by atoms with Crippen LogP contribution in [-0.4, -0.2) is 315 Å². The number of aromatic nitrogens is 2. The van der Waals surface area contributed by atoms with Gasteiger partial charge in [-0.15, -0.1) is 0 Å². The molecule has 150 heavy (non-hydrogen) atoms. The molecule has 0 spiro atoms. The average molecular weight is 2120 g/mol. The predicted octanol–water partition coefficient (Wildman–Crippen LogP) is -10.5. The first-order valence-corrected chi connectivity index (χ1v) is 49.3. The summed E-state index contributed by atoms with van der Waals surface area (Å²) in [4.78, 5) is 321. The Balaban J connectivity index is 2.49. The van der Waals surface area contributed by atoms with Crippen LogP contribution in [0.3, 0.4) is 0 Å². The van der Waals surface area contributed by atoms with Crippen molar-refractivity contribution in [1.82, 2.24) is 111 Å². The van der Waals surface area contributed by atoms with Gasteiger partial charge in [0.05, 0.1) is 37.4 Å². The van der Waals surface area contributed by atoms with Crippen molar-refractivity contribution >= 4 is 148 Å². The van der Waals surface area contributed by atoms with Gasteiger partial charge >= 0.3 is 17.9 Å². The Bertz CT molecular complexity index is 4860. The lowest BCUT2D eigenvalue weighted by Gasteiger charge is -2.29. The Kier molecular flexibility index (Phi) is 60.7. The van der Waals surface area contributed by atoms with E-state index >= 15 is 0 Å². The number of rotatable bonds is 76. The van der Waals surface area contributed by atoms with Crippen molar-refractivity contribution in [2.24, 2.45) is 69.4 Å². The third kappa shape index (κ3) is 52.8. The smallest absolute Gasteiger partial charge is 0.326 e. The third-order valence-electron chi connectivity index (χ3n) is 22.9. The van der Waals surface area contributed by atoms with Gasteiger partial charge in [-0.25, -0.2) is 9.78 Å². The van der Waals surface area contributed by atoms with E-state index < -0.39 is 327 Å². The minimum atomic E-state index is -2.00. The molecule has 2 aromatic rings. The number of nitrogens with one attached hydrogen (secondary N) is 22. The summed E-state index contributed by atoms with van der Waals surface area (Å²) in [6, 6.07) is -18.7. The average Bonchev–Trinajstić information content (AvgIpc) is 1.45. The highest BCUT2D eigenvalue weighted by molar-refractivity contribution is 6.03. The van der Waals surface area contributed by atoms with Gasteiger partial charge in [-0.05, 0) is 166 Å². The van der Waals surface area contributed by atoms with Gasteiger partial charge in [-0.2, -0.15) is 0 Å². The van der Waals surface area contributed by atoms with E-state index in [1.165, 1.54) is 54.1 Å². The standard InChI is InChI=1S/C92H154N32O26/c1-46(2)38-61(118-74(133)49(7)109-69(128)44-107-77(136)54(23-12-15-33-93)112-78(137)57(26-19-37-106-92(102)103)111-75(134)50(8)110-84(143)62(39-51-20-10-9-11-21-51)119-76(135)53(96)22-18-36-105-91(100)101)85(144)115-59(28-31-70(129)130)82(141)114-58(27-30-66(97)125)81(140)113-55(24-13-16-34-94)79(138)120-64(41-67(98)126)87(146)124-73(48(5)6)89(148)121-63(40-52-43-104-45-108-52)86(145)116-60(29-32-71(131)132)83(142)123-72(47(3)4)88(147)117-56(25-14-17-35-95)80(139)122-65(90(149)150)42-68(99)127/h9-11,20-21,43,45-50,53-65,72-73H,12-19,22-42,44,93-96H2,1-8H3,(H2,97,125)(H2,98,126)(H2,99,127)(H,104,108)(H,107,136)(H,109,128)(H,110,143)(H,111,134)(H,112,137)(H,113,140)(H,114,141)(H,115,144)(H,116,145)(H,117,147)(H,118,133)(H,119,135)(H,120,138)(H,121,148)(H,122,139)(H,123,142)(H,124,146)(H,129,130)(H,131,132)(H,149,150)(H4,100,101,105)(H4,102,103,106). The highest BCUT2D eigenvalue weighted by Gasteiger charge is 2.41. The molecule has 20 amide bonds. The highest BCUT2D eigenvalue weighted by atomic mass is 16.4. The third-order valence-corrected chi connectivity index (χ3v) is 22.9. The Labute approximate surface area is 866 Å². The number of imidazole rings is 1. The Morgan fingerprint density at radius 1 is 0.340 bits per heavy atom. The van der Waals surface area contributed by atoms with Crippen molar-refractivity contribution in [3.8, 4) is 0 Å². The van der Waals surface area contributed by atoms with Crippen LogP contribution < -0.4 is 153 Å². The van der Waals surface area contributed by atoms with Crippen LogP contribution in [0, 0.1) is 28.6 Å². The number of unbranched alkanes of at least 4 members (excludes halogenated alkanes) is 3. The minimum absolute atomic E-state index is 0.0227. The van der Waals surface area contributed by atoms with Crippen LogP contribution in [0.2, 0.25) is 0 Å². The number of carbonyl (C=O) groups is 23. The highest BCUT2D eigenvalue weighted by Crippen LogP contribution is 2.17. The number of hydrogen-bond donors (Lipinski definition) is 34. The number of nitrogens with two attached hydrogens (primary N) is 9. The molecular formula is C92H154N32O26. The first-order chi connectivity index (χ1) is 70.6. The number of aliphatic carboxylic acids is 3. The SMILES string of the molecule is CC(C)CC(NC(=O)C(C)NC(=O)CNC(=O)C(CCCCN)NC(=O)C(CCCNC(=N)N)NC(=O)C(C)NC(=O)C(Cc1ccccc1)NC(=O)C(N)CCCNC(=N)N)C(=O)NC(CCC(=O)O)C(=O)NC(CCC(N)=O)C(=O)NC(CCCCN)C(=O)NC(CC(N)=O)C(=O)NC(C(=O)NC(Cc1c[nH]cn1)C(=O)NC(CCC(=O)O)C(=O)NC(C(=O)NC(CCCCN)C(=O)NC(CC(N)=O)C(=O)O)C(C)C)C(C)C. The van der Waals surface area contributed by atoms with Crippen LogP contribution in [0.15, 0.2) is 42.9 Å². The molecule has 17 atom stereocenters. The van der Waals surface area contributed by atoms with Gasteiger partial charge in [0.1, 0.15) is 96.7 Å². The molecule has 17 unspecified atom stereocenters. The molecule has 0 saturated carbocycles. The topological polar surface area (TPSA) is 992 Å². The molecule has 1 heterocycles. The first-order valence-electron chi connectivity index (χ1n) is 49.3. The van der Waals surface area contributed by atoms with E-state index in [2.05, 4.69) is 111 Å². The lowest BCUT2D eigenvalue weighted by molar-refractivity contribution is -0.144. The first kappa shape index (κ1) is 131. The number of H-pyrrole nitrogens is 1. The molecule has 0 aliphatic carbocycles. The molecule has 43 N–H and O–H groups in total. The quantitative estimate of drug-likeness (QED) is 0.0166. The zero-order valence-corrected chi connectivity index (χ0v) is 85.7. The van der Waals surface area contributed by atoms with Crippen molar-refractivity contribution in [1.29, 1.82) is 10.8 Å². The van der Waals surface area contributed by atoms with E-state index in [9.17, 15) is 126 Å². The van der Waals surface area contributed by atoms with Crippen LogP contribution >= 0.6 is 0 Å². The Morgan fingerprint density at radius 2 is 0.680 bits per heavy atom. The maximum atomic E-state index is 14.6. The summed E-state index contributed by atoms with van der Waals surface area (Å²) >= 11 is 0. The number of carboxylic acid groups (broad SMARTS) is 3. The molecule has 1 aromatic carbocycles. The van der Waals surface area contributed by atoms with Crippen molar-refractivity contribution < 1.29 is 126 Å². The van der Waals surface area contributed by atoms with E-state index in [0.29, 0.717) is 24.8 Å². The van der Waals surface area contributed by atoms with Gasteiger partial charge in [0, 0.05) is 51.4 Å². The van der Waals surface area contributed by atoms with Crippen molar-refractivity contribution in [2.75, 3.05) is 39.3 Å². The Hall–Kier alpha value is -15.4. The fourth-order valence-corrected chi connectivity index (χ4v) is 14.7. The summed E-state index contributed by atoms with van der Waals surface area (Å²) in [5.41, 5.74) is 51.3. The monoisotopic (exact) mass is 2120 g/mol. The molecular weight excluding hydrogens is 1970 g/mol. The number of aromatic amines is 1. The summed E-state index contributed by atoms with van der Waals surface area (Å²) in [7, 11) is 0. The minimum Gasteiger partial charge on any atom is -0.481 e. The fourth-order valence-electron chi connectivity index (χ4n) is 14.7. The second-order valence-electron chi connectivity index (χ2n) is 37.0. The maximum absolute atomic E-state index is 14.6. The number of guanidine groups is 2. The summed E-state index contributed by atoms with van der Waals surface area (Å²) in [6.07, 6.45) is -2.96. The summed E-state index contributed by atoms with van der Waals surface area (Å²) < 4.78 is 0. The van der Waals surface area contributed by atoms with Gasteiger partial charge in [-0.1, -0.05) is 71.9 Å². The van der Waals surface area contributed by atoms with Gasteiger partial charge in [0.25, 0.3) is 0 Å². The number of primary amides is 3. The molecule has 58 heteroatoms. The molecule has 0 fully saturated rings. The molecule has 0 radical (unpaired) electrons. The summed E-state index contributed by atoms with van der Waals surface area (Å²) in [5.74, 6) is -28.6. The molecule has 0 saturated heterocycles. The number of carbonyl (C=O) groups excluding carboxylic acids is 20.